The summed E-state index contributed by atoms with van der Waals surface area (Å²) in [6.07, 6.45) is -5.27. The summed E-state index contributed by atoms with van der Waals surface area (Å²) in [5.41, 5.74) is 0.182. The predicted octanol–water partition coefficient (Wildman–Crippen LogP) is 4.77. The van der Waals surface area contributed by atoms with E-state index in [1.54, 1.807) is 19.1 Å². The number of halogens is 3. The maximum Gasteiger partial charge on any atom is 0.416 e. The number of benzene rings is 3. The number of hydrogen-bond donors (Lipinski definition) is 1. The zero-order valence-corrected chi connectivity index (χ0v) is 17.7. The van der Waals surface area contributed by atoms with E-state index in [0.29, 0.717) is 11.3 Å². The van der Waals surface area contributed by atoms with Gasteiger partial charge in [-0.2, -0.15) is 17.9 Å². The van der Waals surface area contributed by atoms with Crippen LogP contribution >= 0.6 is 0 Å². The largest absolute Gasteiger partial charge is 0.508 e. The second-order valence-corrected chi connectivity index (χ2v) is 7.51. The SMILES string of the molecule is Cc1cc(OC(c2ccccc2)c2nn(-c3ccc(C(F)(F)F)cc3)c(=O)n2C)ccc1O. The van der Waals surface area contributed by atoms with Gasteiger partial charge in [0.2, 0.25) is 0 Å². The third-order valence-corrected chi connectivity index (χ3v) is 5.21. The first-order valence-corrected chi connectivity index (χ1v) is 10.00. The van der Waals surface area contributed by atoms with Gasteiger partial charge < -0.3 is 9.84 Å². The summed E-state index contributed by atoms with van der Waals surface area (Å²) < 4.78 is 47.2. The van der Waals surface area contributed by atoms with Crippen molar-refractivity contribution in [3.63, 3.8) is 0 Å². The number of phenols is 1. The van der Waals surface area contributed by atoms with Crippen LogP contribution in [0.4, 0.5) is 13.2 Å². The van der Waals surface area contributed by atoms with E-state index in [2.05, 4.69) is 5.10 Å². The highest BCUT2D eigenvalue weighted by Gasteiger charge is 2.30. The minimum atomic E-state index is -4.48. The molecule has 0 bridgehead atoms. The Hall–Kier alpha value is -4.01. The van der Waals surface area contributed by atoms with E-state index < -0.39 is 23.5 Å². The first-order valence-electron chi connectivity index (χ1n) is 10.00. The van der Waals surface area contributed by atoms with Crippen LogP contribution in [-0.2, 0) is 13.2 Å². The van der Waals surface area contributed by atoms with E-state index in [4.69, 9.17) is 4.74 Å². The maximum absolute atomic E-state index is 12.9. The van der Waals surface area contributed by atoms with Crippen LogP contribution in [0.15, 0.2) is 77.6 Å². The Bertz CT molecular complexity index is 1330. The van der Waals surface area contributed by atoms with Crippen LogP contribution in [0, 0.1) is 6.92 Å². The van der Waals surface area contributed by atoms with E-state index in [-0.39, 0.29) is 17.3 Å². The molecule has 0 aliphatic carbocycles. The summed E-state index contributed by atoms with van der Waals surface area (Å²) in [6, 6.07) is 18.1. The van der Waals surface area contributed by atoms with Gasteiger partial charge in [0.1, 0.15) is 11.5 Å². The van der Waals surface area contributed by atoms with Gasteiger partial charge in [-0.25, -0.2) is 4.79 Å². The molecule has 1 heterocycles. The first-order chi connectivity index (χ1) is 15.6. The van der Waals surface area contributed by atoms with Gasteiger partial charge >= 0.3 is 11.9 Å². The average molecular weight is 455 g/mol. The molecule has 0 amide bonds. The number of alkyl halides is 3. The number of phenolic OH excluding ortho intramolecular Hbond substituents is 1. The van der Waals surface area contributed by atoms with Crippen LogP contribution in [0.3, 0.4) is 0 Å². The van der Waals surface area contributed by atoms with Crippen molar-refractivity contribution in [3.05, 3.63) is 106 Å². The molecule has 1 N–H and O–H groups in total. The van der Waals surface area contributed by atoms with Crippen molar-refractivity contribution in [1.82, 2.24) is 14.3 Å². The van der Waals surface area contributed by atoms with Crippen LogP contribution < -0.4 is 10.4 Å². The van der Waals surface area contributed by atoms with E-state index in [0.717, 1.165) is 22.4 Å². The van der Waals surface area contributed by atoms with Crippen molar-refractivity contribution in [2.45, 2.75) is 19.2 Å². The number of ether oxygens (including phenoxy) is 1. The Morgan fingerprint density at radius 1 is 1.00 bits per heavy atom. The lowest BCUT2D eigenvalue weighted by Gasteiger charge is -2.19. The first kappa shape index (κ1) is 22.2. The lowest BCUT2D eigenvalue weighted by atomic mass is 10.1. The van der Waals surface area contributed by atoms with E-state index in [1.165, 1.54) is 29.8 Å². The highest BCUT2D eigenvalue weighted by Crippen LogP contribution is 2.31. The van der Waals surface area contributed by atoms with Gasteiger partial charge in [-0.1, -0.05) is 30.3 Å². The van der Waals surface area contributed by atoms with Crippen LogP contribution in [0.25, 0.3) is 5.69 Å². The standard InChI is InChI=1S/C24H20F3N3O3/c1-15-14-19(12-13-20(15)31)33-21(16-6-4-3-5-7-16)22-28-30(23(32)29(22)2)18-10-8-17(9-11-18)24(25,26)27/h3-14,21,31H,1-2H3. The molecule has 4 aromatic rings. The molecule has 3 aromatic carbocycles. The zero-order valence-electron chi connectivity index (χ0n) is 17.7. The van der Waals surface area contributed by atoms with E-state index in [1.807, 2.05) is 30.3 Å². The molecule has 1 atom stereocenters. The van der Waals surface area contributed by atoms with Gasteiger partial charge in [0.15, 0.2) is 11.9 Å². The Morgan fingerprint density at radius 2 is 1.67 bits per heavy atom. The summed E-state index contributed by atoms with van der Waals surface area (Å²) in [5, 5.41) is 14.2. The molecule has 0 radical (unpaired) electrons. The summed E-state index contributed by atoms with van der Waals surface area (Å²) in [5.74, 6) is 0.838. The highest BCUT2D eigenvalue weighted by atomic mass is 19.4. The molecule has 0 aliphatic rings. The summed E-state index contributed by atoms with van der Waals surface area (Å²) >= 11 is 0. The molecule has 0 spiro atoms. The minimum Gasteiger partial charge on any atom is -0.508 e. The van der Waals surface area contributed by atoms with Gasteiger partial charge in [0.25, 0.3) is 0 Å². The van der Waals surface area contributed by atoms with Crippen molar-refractivity contribution < 1.29 is 23.0 Å². The fourth-order valence-corrected chi connectivity index (χ4v) is 3.38. The zero-order chi connectivity index (χ0) is 23.8. The van der Waals surface area contributed by atoms with Gasteiger partial charge in [0.05, 0.1) is 11.3 Å². The Labute approximate surface area is 187 Å². The summed E-state index contributed by atoms with van der Waals surface area (Å²) in [4.78, 5) is 12.9. The monoisotopic (exact) mass is 455 g/mol. The van der Waals surface area contributed by atoms with Crippen molar-refractivity contribution >= 4 is 0 Å². The minimum absolute atomic E-state index is 0.123. The van der Waals surface area contributed by atoms with Gasteiger partial charge in [-0.3, -0.25) is 4.57 Å². The van der Waals surface area contributed by atoms with Crippen LogP contribution in [-0.4, -0.2) is 19.5 Å². The molecule has 0 saturated heterocycles. The molecule has 0 aliphatic heterocycles. The van der Waals surface area contributed by atoms with Crippen LogP contribution in [0.2, 0.25) is 0 Å². The Balaban J connectivity index is 1.78. The molecule has 6 nitrogen and oxygen atoms in total. The molecule has 33 heavy (non-hydrogen) atoms. The molecular formula is C24H20F3N3O3. The Morgan fingerprint density at radius 3 is 2.27 bits per heavy atom. The molecule has 1 unspecified atom stereocenters. The molecule has 170 valence electrons. The fraction of sp³-hybridized carbons (Fsp3) is 0.167. The van der Waals surface area contributed by atoms with Crippen molar-refractivity contribution in [2.75, 3.05) is 0 Å². The van der Waals surface area contributed by atoms with Crippen LogP contribution in [0.1, 0.15) is 28.6 Å². The highest BCUT2D eigenvalue weighted by molar-refractivity contribution is 5.39. The molecule has 9 heteroatoms. The normalized spacial score (nSPS) is 12.5. The molecule has 0 fully saturated rings. The number of aryl methyl sites for hydroxylation is 1. The molecule has 1 aromatic heterocycles. The Kier molecular flexibility index (Phi) is 5.71. The summed E-state index contributed by atoms with van der Waals surface area (Å²) in [6.45, 7) is 1.73. The average Bonchev–Trinajstić information content (AvgIpc) is 3.09. The number of aromatic nitrogens is 3. The maximum atomic E-state index is 12.9. The summed E-state index contributed by atoms with van der Waals surface area (Å²) in [7, 11) is 1.52. The molecular weight excluding hydrogens is 435 g/mol. The van der Waals surface area contributed by atoms with Crippen molar-refractivity contribution in [3.8, 4) is 17.2 Å². The molecule has 4 rings (SSSR count). The number of hydrogen-bond acceptors (Lipinski definition) is 4. The van der Waals surface area contributed by atoms with Crippen molar-refractivity contribution in [1.29, 1.82) is 0 Å². The number of rotatable bonds is 5. The van der Waals surface area contributed by atoms with Gasteiger partial charge in [-0.05, 0) is 55.0 Å². The lowest BCUT2D eigenvalue weighted by Crippen LogP contribution is -2.23. The topological polar surface area (TPSA) is 69.3 Å². The fourth-order valence-electron chi connectivity index (χ4n) is 3.38. The van der Waals surface area contributed by atoms with Crippen molar-refractivity contribution in [2.24, 2.45) is 7.05 Å². The second kappa shape index (κ2) is 8.50. The lowest BCUT2D eigenvalue weighted by molar-refractivity contribution is -0.137. The van der Waals surface area contributed by atoms with E-state index in [9.17, 15) is 23.1 Å². The number of aromatic hydroxyl groups is 1. The smallest absolute Gasteiger partial charge is 0.416 e. The quantitative estimate of drug-likeness (QED) is 0.471. The van der Waals surface area contributed by atoms with Crippen LogP contribution in [0.5, 0.6) is 11.5 Å². The van der Waals surface area contributed by atoms with Gasteiger partial charge in [0, 0.05) is 12.6 Å². The third kappa shape index (κ3) is 4.48. The second-order valence-electron chi connectivity index (χ2n) is 7.51. The third-order valence-electron chi connectivity index (χ3n) is 5.21. The molecule has 0 saturated carbocycles. The van der Waals surface area contributed by atoms with E-state index >= 15 is 0 Å². The van der Waals surface area contributed by atoms with Gasteiger partial charge in [-0.15, -0.1) is 5.10 Å². The number of nitrogens with zero attached hydrogens (tertiary/aromatic N) is 3. The predicted molar refractivity (Wildman–Crippen MR) is 116 cm³/mol.